The molecular formula is C22H27. The van der Waals surface area contributed by atoms with Gasteiger partial charge in [0.25, 0.3) is 0 Å². The van der Waals surface area contributed by atoms with Crippen LogP contribution in [0, 0.1) is 11.8 Å². The van der Waals surface area contributed by atoms with Crippen LogP contribution in [0.5, 0.6) is 0 Å². The summed E-state index contributed by atoms with van der Waals surface area (Å²) in [6.45, 7) is 4.80. The van der Waals surface area contributed by atoms with E-state index in [4.69, 9.17) is 0 Å². The average Bonchev–Trinajstić information content (AvgIpc) is 2.57. The second-order valence-corrected chi connectivity index (χ2v) is 7.29. The van der Waals surface area contributed by atoms with Crippen molar-refractivity contribution in [2.45, 2.75) is 51.4 Å². The smallest absolute Gasteiger partial charge is 0.00810 e. The van der Waals surface area contributed by atoms with Crippen LogP contribution in [0.15, 0.2) is 60.7 Å². The fraction of sp³-hybridized carbons (Fsp3) is 0.409. The number of rotatable bonds is 4. The molecule has 22 heavy (non-hydrogen) atoms. The Morgan fingerprint density at radius 1 is 0.864 bits per heavy atom. The Morgan fingerprint density at radius 3 is 2.18 bits per heavy atom. The first-order chi connectivity index (χ1) is 10.7. The van der Waals surface area contributed by atoms with Gasteiger partial charge >= 0.3 is 0 Å². The fourth-order valence-corrected chi connectivity index (χ4v) is 3.97. The van der Waals surface area contributed by atoms with Crippen LogP contribution < -0.4 is 0 Å². The largest absolute Gasteiger partial charge is 0.0622 e. The van der Waals surface area contributed by atoms with Crippen LogP contribution >= 0.6 is 0 Å². The van der Waals surface area contributed by atoms with E-state index in [0.29, 0.717) is 0 Å². The lowest BCUT2D eigenvalue weighted by Gasteiger charge is -2.37. The zero-order valence-electron chi connectivity index (χ0n) is 13.9. The van der Waals surface area contributed by atoms with Crippen molar-refractivity contribution in [3.05, 3.63) is 77.7 Å². The van der Waals surface area contributed by atoms with E-state index in [1.165, 1.54) is 43.2 Å². The van der Waals surface area contributed by atoms with E-state index in [2.05, 4.69) is 74.5 Å². The molecule has 0 heteroatoms. The Hall–Kier alpha value is -1.56. The Labute approximate surface area is 135 Å². The Morgan fingerprint density at radius 2 is 1.50 bits per heavy atom. The van der Waals surface area contributed by atoms with Gasteiger partial charge in [-0.05, 0) is 41.7 Å². The van der Waals surface area contributed by atoms with Gasteiger partial charge in [-0.2, -0.15) is 0 Å². The highest BCUT2D eigenvalue weighted by molar-refractivity contribution is 5.33. The second kappa shape index (κ2) is 6.69. The highest BCUT2D eigenvalue weighted by Gasteiger charge is 2.32. The maximum absolute atomic E-state index is 2.40. The summed E-state index contributed by atoms with van der Waals surface area (Å²) in [5, 5.41) is 0. The summed E-state index contributed by atoms with van der Waals surface area (Å²) < 4.78 is 0. The number of hydrogen-bond donors (Lipinski definition) is 0. The third-order valence-corrected chi connectivity index (χ3v) is 5.20. The molecule has 0 aliphatic heterocycles. The SMILES string of the molecule is CC(C)(CC1CCCC[C]1c1ccccc1)c1ccccc1. The van der Waals surface area contributed by atoms with Gasteiger partial charge in [0.15, 0.2) is 0 Å². The van der Waals surface area contributed by atoms with Crippen molar-refractivity contribution in [3.63, 3.8) is 0 Å². The molecule has 0 N–H and O–H groups in total. The zero-order valence-corrected chi connectivity index (χ0v) is 13.9. The first kappa shape index (κ1) is 15.3. The summed E-state index contributed by atoms with van der Waals surface area (Å²) in [5.74, 6) is 2.42. The van der Waals surface area contributed by atoms with Gasteiger partial charge in [0.1, 0.15) is 0 Å². The zero-order chi connectivity index (χ0) is 15.4. The molecule has 1 aliphatic carbocycles. The number of benzene rings is 2. The van der Waals surface area contributed by atoms with Gasteiger partial charge in [-0.15, -0.1) is 0 Å². The lowest BCUT2D eigenvalue weighted by Crippen LogP contribution is -2.27. The molecule has 2 aromatic carbocycles. The first-order valence-corrected chi connectivity index (χ1v) is 8.63. The lowest BCUT2D eigenvalue weighted by atomic mass is 9.67. The minimum Gasteiger partial charge on any atom is -0.0622 e. The molecule has 1 saturated carbocycles. The molecule has 0 spiro atoms. The Kier molecular flexibility index (Phi) is 4.66. The molecule has 1 unspecified atom stereocenters. The Balaban J connectivity index is 1.80. The lowest BCUT2D eigenvalue weighted by molar-refractivity contribution is 0.313. The molecule has 3 rings (SSSR count). The summed E-state index contributed by atoms with van der Waals surface area (Å²) in [7, 11) is 0. The minimum atomic E-state index is 0.239. The van der Waals surface area contributed by atoms with E-state index in [9.17, 15) is 0 Å². The molecular weight excluding hydrogens is 264 g/mol. The second-order valence-electron chi connectivity index (χ2n) is 7.29. The van der Waals surface area contributed by atoms with Crippen LogP contribution in [0.25, 0.3) is 0 Å². The van der Waals surface area contributed by atoms with Crippen molar-refractivity contribution in [2.24, 2.45) is 5.92 Å². The molecule has 0 nitrogen and oxygen atoms in total. The molecule has 0 heterocycles. The van der Waals surface area contributed by atoms with E-state index in [0.717, 1.165) is 5.92 Å². The topological polar surface area (TPSA) is 0 Å². The predicted octanol–water partition coefficient (Wildman–Crippen LogP) is 6.17. The average molecular weight is 291 g/mol. The predicted molar refractivity (Wildman–Crippen MR) is 94.8 cm³/mol. The van der Waals surface area contributed by atoms with E-state index in [-0.39, 0.29) is 5.41 Å². The van der Waals surface area contributed by atoms with Gasteiger partial charge in [-0.25, -0.2) is 0 Å². The van der Waals surface area contributed by atoms with Gasteiger partial charge in [-0.3, -0.25) is 0 Å². The Bertz CT molecular complexity index is 568. The highest BCUT2D eigenvalue weighted by Crippen LogP contribution is 2.43. The maximum Gasteiger partial charge on any atom is 0.00810 e. The third kappa shape index (κ3) is 3.43. The van der Waals surface area contributed by atoms with Gasteiger partial charge in [0.2, 0.25) is 0 Å². The molecule has 0 amide bonds. The van der Waals surface area contributed by atoms with Crippen molar-refractivity contribution >= 4 is 0 Å². The van der Waals surface area contributed by atoms with Crippen LogP contribution in [-0.4, -0.2) is 0 Å². The summed E-state index contributed by atoms with van der Waals surface area (Å²) in [5.41, 5.74) is 3.17. The van der Waals surface area contributed by atoms with Crippen LogP contribution in [-0.2, 0) is 5.41 Å². The van der Waals surface area contributed by atoms with Crippen molar-refractivity contribution in [1.82, 2.24) is 0 Å². The summed E-state index contributed by atoms with van der Waals surface area (Å²) in [6, 6.07) is 22.1. The molecule has 1 radical (unpaired) electrons. The summed E-state index contributed by atoms with van der Waals surface area (Å²) in [4.78, 5) is 0. The number of hydrogen-bond acceptors (Lipinski definition) is 0. The van der Waals surface area contributed by atoms with Crippen LogP contribution in [0.4, 0.5) is 0 Å². The van der Waals surface area contributed by atoms with Crippen molar-refractivity contribution < 1.29 is 0 Å². The molecule has 1 aliphatic rings. The van der Waals surface area contributed by atoms with E-state index in [1.807, 2.05) is 0 Å². The normalized spacial score (nSPS) is 20.0. The van der Waals surface area contributed by atoms with Gasteiger partial charge < -0.3 is 0 Å². The van der Waals surface area contributed by atoms with E-state index < -0.39 is 0 Å². The van der Waals surface area contributed by atoms with E-state index in [1.54, 1.807) is 5.92 Å². The highest BCUT2D eigenvalue weighted by atomic mass is 14.4. The monoisotopic (exact) mass is 291 g/mol. The fourth-order valence-electron chi connectivity index (χ4n) is 3.97. The van der Waals surface area contributed by atoms with Crippen LogP contribution in [0.1, 0.15) is 57.1 Å². The first-order valence-electron chi connectivity index (χ1n) is 8.63. The molecule has 115 valence electrons. The van der Waals surface area contributed by atoms with Gasteiger partial charge in [0.05, 0.1) is 0 Å². The molecule has 0 bridgehead atoms. The van der Waals surface area contributed by atoms with Crippen molar-refractivity contribution in [3.8, 4) is 0 Å². The molecule has 1 fully saturated rings. The maximum atomic E-state index is 2.40. The van der Waals surface area contributed by atoms with Crippen molar-refractivity contribution in [2.75, 3.05) is 0 Å². The molecule has 2 aromatic rings. The van der Waals surface area contributed by atoms with E-state index >= 15 is 0 Å². The van der Waals surface area contributed by atoms with Crippen LogP contribution in [0.2, 0.25) is 0 Å². The summed E-state index contributed by atoms with van der Waals surface area (Å²) >= 11 is 0. The van der Waals surface area contributed by atoms with Gasteiger partial charge in [0, 0.05) is 5.92 Å². The minimum absolute atomic E-state index is 0.239. The molecule has 0 saturated heterocycles. The van der Waals surface area contributed by atoms with Crippen LogP contribution in [0.3, 0.4) is 0 Å². The quantitative estimate of drug-likeness (QED) is 0.632. The standard InChI is InChI=1S/C22H27/c1-22(2,20-14-7-4-8-15-20)17-19-13-9-10-16-21(19)18-11-5-3-6-12-18/h3-8,11-12,14-15,19H,9-10,13,16-17H2,1-2H3. The third-order valence-electron chi connectivity index (χ3n) is 5.20. The molecule has 1 atom stereocenters. The summed E-state index contributed by atoms with van der Waals surface area (Å²) in [6.07, 6.45) is 6.61. The van der Waals surface area contributed by atoms with Crippen molar-refractivity contribution in [1.29, 1.82) is 0 Å². The molecule has 0 aromatic heterocycles. The van der Waals surface area contributed by atoms with Gasteiger partial charge in [-0.1, -0.05) is 87.4 Å².